The van der Waals surface area contributed by atoms with Crippen LogP contribution in [-0.4, -0.2) is 56.2 Å². The highest BCUT2D eigenvalue weighted by Crippen LogP contribution is 2.57. The second kappa shape index (κ2) is 11.3. The molecule has 3 rings (SSSR count). The van der Waals surface area contributed by atoms with Crippen molar-refractivity contribution in [2.75, 3.05) is 28.4 Å². The number of aromatic nitrogens is 1. The largest absolute Gasteiger partial charge is 0.503 e. The van der Waals surface area contributed by atoms with E-state index in [-0.39, 0.29) is 73.0 Å². The highest BCUT2D eigenvalue weighted by atomic mass is 16.7. The Morgan fingerprint density at radius 2 is 1.15 bits per heavy atom. The quantitative estimate of drug-likeness (QED) is 0.220. The van der Waals surface area contributed by atoms with Gasteiger partial charge in [0, 0.05) is 22.8 Å². The number of aromatic hydroxyl groups is 1. The molecule has 212 valence electrons. The summed E-state index contributed by atoms with van der Waals surface area (Å²) in [6.07, 6.45) is 0. The summed E-state index contributed by atoms with van der Waals surface area (Å²) in [4.78, 5) is 43.3. The third kappa shape index (κ3) is 4.86. The molecule has 40 heavy (non-hydrogen) atoms. The second-order valence-electron chi connectivity index (χ2n) is 8.60. The van der Waals surface area contributed by atoms with Crippen molar-refractivity contribution in [3.8, 4) is 40.2 Å². The first kappa shape index (κ1) is 29.4. The molecule has 0 aliphatic carbocycles. The van der Waals surface area contributed by atoms with Gasteiger partial charge in [-0.05, 0) is 20.8 Å². The maximum atomic E-state index is 12.7. The topological polar surface area (TPSA) is 141 Å². The fourth-order valence-electron chi connectivity index (χ4n) is 3.75. The Morgan fingerprint density at radius 1 is 0.675 bits per heavy atom. The zero-order valence-corrected chi connectivity index (χ0v) is 23.2. The number of carbonyl (C=O) groups excluding carboxylic acids is 3. The zero-order chi connectivity index (χ0) is 30.0. The molecular weight excluding hydrogens is 526 g/mol. The van der Waals surface area contributed by atoms with Crippen molar-refractivity contribution in [2.24, 2.45) is 0 Å². The van der Waals surface area contributed by atoms with Crippen LogP contribution in [0.4, 0.5) is 0 Å². The summed E-state index contributed by atoms with van der Waals surface area (Å²) in [6, 6.07) is 1.38. The highest BCUT2D eigenvalue weighted by molar-refractivity contribution is 6.19. The van der Waals surface area contributed by atoms with E-state index in [9.17, 15) is 19.5 Å². The van der Waals surface area contributed by atoms with E-state index in [0.717, 1.165) is 4.73 Å². The van der Waals surface area contributed by atoms with Crippen molar-refractivity contribution in [2.45, 2.75) is 20.8 Å². The van der Waals surface area contributed by atoms with Gasteiger partial charge in [-0.2, -0.15) is 4.73 Å². The van der Waals surface area contributed by atoms with Gasteiger partial charge in [0.05, 0.1) is 44.7 Å². The molecule has 0 amide bonds. The molecule has 0 atom stereocenters. The molecule has 0 spiro atoms. The number of esters is 2. The predicted octanol–water partition coefficient (Wildman–Crippen LogP) is 4.03. The van der Waals surface area contributed by atoms with E-state index in [0.29, 0.717) is 0 Å². The van der Waals surface area contributed by atoms with Crippen LogP contribution in [-0.2, 0) is 14.4 Å². The van der Waals surface area contributed by atoms with Gasteiger partial charge in [-0.25, -0.2) is 14.4 Å². The number of rotatable bonds is 10. The Bertz CT molecular complexity index is 1610. The maximum Gasteiger partial charge on any atom is 0.358 e. The summed E-state index contributed by atoms with van der Waals surface area (Å²) in [5.41, 5.74) is 0.157. The minimum atomic E-state index is -0.843. The standard InChI is InChI=1S/C28H29NO11/c1-12(2)26(31)38-21-16(34-7)11-15-17(22(21)35-8)18-19(29(15)40-28(33)14(5)6)20(30)24(37-10)25(23(18)36-9)39-27(32)13(3)4/h11,30H,1,3,5H2,2,4,6-10H3. The SMILES string of the molecule is C=C(C)C(=O)Oc1c(OC)cc2c(c1OC)c1c(OC)c(OC(=O)C(=C)C)c(OC)c(O)c1n2OC(=O)C(=C)C. The van der Waals surface area contributed by atoms with Gasteiger partial charge < -0.3 is 38.4 Å². The number of hydrogen-bond donors (Lipinski definition) is 1. The number of fused-ring (bicyclic) bond motifs is 3. The normalized spacial score (nSPS) is 10.6. The highest BCUT2D eigenvalue weighted by Gasteiger charge is 2.34. The van der Waals surface area contributed by atoms with Crippen LogP contribution in [0.3, 0.4) is 0 Å². The Labute approximate surface area is 229 Å². The van der Waals surface area contributed by atoms with E-state index in [4.69, 9.17) is 33.3 Å². The molecule has 0 saturated carbocycles. The molecule has 0 unspecified atom stereocenters. The Kier molecular flexibility index (Phi) is 8.32. The molecule has 12 nitrogen and oxygen atoms in total. The van der Waals surface area contributed by atoms with Gasteiger partial charge in [0.25, 0.3) is 0 Å². The van der Waals surface area contributed by atoms with E-state index in [1.807, 2.05) is 0 Å². The van der Waals surface area contributed by atoms with Crippen molar-refractivity contribution in [3.05, 3.63) is 42.5 Å². The fraction of sp³-hybridized carbons (Fsp3) is 0.250. The van der Waals surface area contributed by atoms with Crippen LogP contribution in [0, 0.1) is 0 Å². The Balaban J connectivity index is 2.69. The summed E-state index contributed by atoms with van der Waals surface area (Å²) in [5, 5.41) is 11.6. The van der Waals surface area contributed by atoms with Crippen LogP contribution >= 0.6 is 0 Å². The summed E-state index contributed by atoms with van der Waals surface area (Å²) in [6.45, 7) is 15.1. The molecule has 1 aromatic heterocycles. The van der Waals surface area contributed by atoms with Gasteiger partial charge in [-0.3, -0.25) is 0 Å². The average Bonchev–Trinajstić information content (AvgIpc) is 3.21. The van der Waals surface area contributed by atoms with Crippen LogP contribution in [0.5, 0.6) is 40.2 Å². The molecule has 0 fully saturated rings. The number of carbonyl (C=O) groups is 3. The Hall–Kier alpha value is -5.13. The molecule has 3 aromatic rings. The van der Waals surface area contributed by atoms with Gasteiger partial charge >= 0.3 is 17.9 Å². The van der Waals surface area contributed by atoms with Crippen LogP contribution < -0.4 is 33.3 Å². The molecule has 0 aliphatic rings. The molecule has 0 aliphatic heterocycles. The molecule has 0 bridgehead atoms. The van der Waals surface area contributed by atoms with Crippen molar-refractivity contribution in [1.82, 2.24) is 4.73 Å². The maximum absolute atomic E-state index is 12.7. The van der Waals surface area contributed by atoms with Crippen LogP contribution in [0.1, 0.15) is 20.8 Å². The number of hydrogen-bond acceptors (Lipinski definition) is 11. The molecule has 12 heteroatoms. The third-order valence-electron chi connectivity index (χ3n) is 5.61. The molecular formula is C28H29NO11. The van der Waals surface area contributed by atoms with E-state index >= 15 is 0 Å². The average molecular weight is 556 g/mol. The van der Waals surface area contributed by atoms with E-state index in [1.54, 1.807) is 0 Å². The van der Waals surface area contributed by atoms with Crippen molar-refractivity contribution >= 4 is 39.7 Å². The molecule has 1 heterocycles. The number of phenolic OH excluding ortho intramolecular Hbond substituents is 1. The second-order valence-corrected chi connectivity index (χ2v) is 8.60. The molecule has 0 radical (unpaired) electrons. The number of benzene rings is 2. The van der Waals surface area contributed by atoms with Crippen LogP contribution in [0.15, 0.2) is 42.5 Å². The third-order valence-corrected chi connectivity index (χ3v) is 5.61. The summed E-state index contributed by atoms with van der Waals surface area (Å²) < 4.78 is 34.2. The zero-order valence-electron chi connectivity index (χ0n) is 23.2. The van der Waals surface area contributed by atoms with Crippen LogP contribution in [0.25, 0.3) is 21.8 Å². The van der Waals surface area contributed by atoms with Gasteiger partial charge in [0.15, 0.2) is 23.0 Å². The van der Waals surface area contributed by atoms with Gasteiger partial charge in [-0.1, -0.05) is 19.7 Å². The smallest absolute Gasteiger partial charge is 0.358 e. The lowest BCUT2D eigenvalue weighted by atomic mass is 10.1. The number of phenols is 1. The number of ether oxygens (including phenoxy) is 6. The molecule has 2 aromatic carbocycles. The molecule has 1 N–H and O–H groups in total. The predicted molar refractivity (Wildman–Crippen MR) is 145 cm³/mol. The minimum Gasteiger partial charge on any atom is -0.503 e. The summed E-state index contributed by atoms with van der Waals surface area (Å²) in [5.74, 6) is -3.98. The lowest BCUT2D eigenvalue weighted by molar-refractivity contribution is -0.138. The molecule has 0 saturated heterocycles. The summed E-state index contributed by atoms with van der Waals surface area (Å²) in [7, 11) is 5.13. The van der Waals surface area contributed by atoms with Crippen molar-refractivity contribution in [3.63, 3.8) is 0 Å². The van der Waals surface area contributed by atoms with Gasteiger partial charge in [-0.15, -0.1) is 0 Å². The minimum absolute atomic E-state index is 0.00809. The first-order valence-electron chi connectivity index (χ1n) is 11.6. The first-order valence-corrected chi connectivity index (χ1v) is 11.6. The lowest BCUT2D eigenvalue weighted by Crippen LogP contribution is -2.20. The van der Waals surface area contributed by atoms with E-state index < -0.39 is 23.7 Å². The Morgan fingerprint density at radius 3 is 1.60 bits per heavy atom. The lowest BCUT2D eigenvalue weighted by Gasteiger charge is -2.17. The van der Waals surface area contributed by atoms with Crippen molar-refractivity contribution < 1.29 is 52.7 Å². The number of nitrogens with zero attached hydrogens (tertiary/aromatic N) is 1. The van der Waals surface area contributed by atoms with Gasteiger partial charge in [0.2, 0.25) is 17.2 Å². The summed E-state index contributed by atoms with van der Waals surface area (Å²) >= 11 is 0. The van der Waals surface area contributed by atoms with Crippen LogP contribution in [0.2, 0.25) is 0 Å². The van der Waals surface area contributed by atoms with Crippen molar-refractivity contribution in [1.29, 1.82) is 0 Å². The first-order chi connectivity index (χ1) is 18.8. The van der Waals surface area contributed by atoms with Gasteiger partial charge in [0.1, 0.15) is 5.52 Å². The van der Waals surface area contributed by atoms with E-state index in [1.165, 1.54) is 55.3 Å². The fourth-order valence-corrected chi connectivity index (χ4v) is 3.75. The van der Waals surface area contributed by atoms with E-state index in [2.05, 4.69) is 19.7 Å². The number of methoxy groups -OCH3 is 4. The monoisotopic (exact) mass is 555 g/mol.